The van der Waals surface area contributed by atoms with Crippen molar-refractivity contribution in [2.45, 2.75) is 13.2 Å². The van der Waals surface area contributed by atoms with Gasteiger partial charge in [-0.3, -0.25) is 4.79 Å². The summed E-state index contributed by atoms with van der Waals surface area (Å²) in [7, 11) is 0. The van der Waals surface area contributed by atoms with Gasteiger partial charge in [0.2, 0.25) is 6.23 Å². The number of hydrogen-bond acceptors (Lipinski definition) is 6. The zero-order valence-corrected chi connectivity index (χ0v) is 18.1. The fraction of sp³-hybridized carbons (Fsp3) is 0.222. The molecular formula is C18H16I2N2O4. The van der Waals surface area contributed by atoms with Crippen LogP contribution in [0.4, 0.5) is 5.69 Å². The Morgan fingerprint density at radius 2 is 2.00 bits per heavy atom. The minimum atomic E-state index is -0.780. The van der Waals surface area contributed by atoms with Gasteiger partial charge >= 0.3 is 5.97 Å². The number of aliphatic hydroxyl groups is 1. The third kappa shape index (κ3) is 5.72. The van der Waals surface area contributed by atoms with E-state index in [9.17, 15) is 4.79 Å². The molecule has 0 amide bonds. The molecule has 0 bridgehead atoms. The highest BCUT2D eigenvalue weighted by atomic mass is 127. The van der Waals surface area contributed by atoms with Crippen molar-refractivity contribution in [3.8, 4) is 11.8 Å². The first-order valence-corrected chi connectivity index (χ1v) is 9.77. The lowest BCUT2D eigenvalue weighted by Crippen LogP contribution is -2.19. The van der Waals surface area contributed by atoms with Gasteiger partial charge in [0.1, 0.15) is 12.4 Å². The number of nitriles is 1. The highest BCUT2D eigenvalue weighted by Gasteiger charge is 2.22. The van der Waals surface area contributed by atoms with Gasteiger partial charge in [0.25, 0.3) is 0 Å². The predicted octanol–water partition coefficient (Wildman–Crippen LogP) is 3.81. The number of esters is 1. The molecule has 0 aliphatic heterocycles. The van der Waals surface area contributed by atoms with E-state index < -0.39 is 12.2 Å². The Bertz CT molecular complexity index is 819. The van der Waals surface area contributed by atoms with E-state index in [1.54, 1.807) is 24.3 Å². The summed E-state index contributed by atoms with van der Waals surface area (Å²) in [4.78, 5) is 11.6. The highest BCUT2D eigenvalue weighted by Crippen LogP contribution is 2.35. The molecule has 0 fully saturated rings. The van der Waals surface area contributed by atoms with Gasteiger partial charge in [0.05, 0.1) is 27.4 Å². The lowest BCUT2D eigenvalue weighted by molar-refractivity contribution is -0.145. The second-order valence-corrected chi connectivity index (χ2v) is 7.61. The summed E-state index contributed by atoms with van der Waals surface area (Å²) in [5.41, 5.74) is 1.88. The second-order valence-electron chi connectivity index (χ2n) is 5.20. The highest BCUT2D eigenvalue weighted by molar-refractivity contribution is 14.1. The van der Waals surface area contributed by atoms with E-state index in [0.717, 1.165) is 7.14 Å². The summed E-state index contributed by atoms with van der Waals surface area (Å²) in [6, 6.07) is 12.7. The average Bonchev–Trinajstić information content (AvgIpc) is 2.60. The molecule has 8 heteroatoms. The van der Waals surface area contributed by atoms with E-state index in [0.29, 0.717) is 22.6 Å². The number of aliphatic hydroxyl groups excluding tert-OH is 1. The summed E-state index contributed by atoms with van der Waals surface area (Å²) < 4.78 is 12.9. The largest absolute Gasteiger partial charge is 0.490 e. The molecular weight excluding hydrogens is 562 g/mol. The number of anilines is 1. The summed E-state index contributed by atoms with van der Waals surface area (Å²) in [5.74, 6) is 0.102. The van der Waals surface area contributed by atoms with Crippen molar-refractivity contribution in [2.24, 2.45) is 0 Å². The zero-order chi connectivity index (χ0) is 19.1. The van der Waals surface area contributed by atoms with Crippen molar-refractivity contribution in [3.63, 3.8) is 0 Å². The number of ether oxygens (including phenoxy) is 2. The molecule has 2 aromatic rings. The monoisotopic (exact) mass is 578 g/mol. The fourth-order valence-electron chi connectivity index (χ4n) is 2.20. The molecule has 0 saturated carbocycles. The number of nitrogens with zero attached hydrogens (tertiary/aromatic N) is 1. The molecule has 0 saturated heterocycles. The molecule has 2 aromatic carbocycles. The van der Waals surface area contributed by atoms with Crippen LogP contribution in [0.2, 0.25) is 0 Å². The summed E-state index contributed by atoms with van der Waals surface area (Å²) >= 11 is 4.32. The van der Waals surface area contributed by atoms with Crippen molar-refractivity contribution in [1.82, 2.24) is 0 Å². The van der Waals surface area contributed by atoms with Gasteiger partial charge < -0.3 is 19.9 Å². The van der Waals surface area contributed by atoms with Crippen molar-refractivity contribution in [3.05, 3.63) is 54.7 Å². The second kappa shape index (κ2) is 9.94. The summed E-state index contributed by atoms with van der Waals surface area (Å²) in [6.45, 7) is 1.34. The normalized spacial score (nSPS) is 11.3. The molecule has 0 radical (unpaired) electrons. The van der Waals surface area contributed by atoms with Gasteiger partial charge in [-0.2, -0.15) is 5.26 Å². The van der Waals surface area contributed by atoms with Gasteiger partial charge in [0, 0.05) is 16.2 Å². The van der Waals surface area contributed by atoms with Crippen LogP contribution in [0.5, 0.6) is 5.75 Å². The van der Waals surface area contributed by atoms with E-state index >= 15 is 0 Å². The van der Waals surface area contributed by atoms with Crippen molar-refractivity contribution < 1.29 is 19.4 Å². The molecule has 6 nitrogen and oxygen atoms in total. The van der Waals surface area contributed by atoms with Crippen LogP contribution in [0.3, 0.4) is 0 Å². The molecule has 1 unspecified atom stereocenters. The van der Waals surface area contributed by atoms with Crippen LogP contribution in [0.25, 0.3) is 0 Å². The van der Waals surface area contributed by atoms with Crippen LogP contribution < -0.4 is 10.1 Å². The van der Waals surface area contributed by atoms with Gasteiger partial charge in [-0.25, -0.2) is 0 Å². The Morgan fingerprint density at radius 1 is 1.31 bits per heavy atom. The van der Waals surface area contributed by atoms with Gasteiger partial charge in [-0.05, 0) is 81.6 Å². The van der Waals surface area contributed by atoms with Gasteiger partial charge in [0.15, 0.2) is 0 Å². The lowest BCUT2D eigenvalue weighted by atomic mass is 10.1. The molecule has 0 aliphatic carbocycles. The smallest absolute Gasteiger partial charge is 0.304 e. The first-order valence-electron chi connectivity index (χ1n) is 7.61. The molecule has 0 aromatic heterocycles. The number of benzene rings is 2. The number of halogens is 2. The molecule has 0 spiro atoms. The number of rotatable bonds is 7. The Hall–Kier alpha value is -1.58. The molecule has 26 heavy (non-hydrogen) atoms. The Labute approximate surface area is 178 Å². The third-order valence-corrected chi connectivity index (χ3v) is 4.68. The molecule has 0 heterocycles. The van der Waals surface area contributed by atoms with E-state index in [2.05, 4.69) is 56.6 Å². The quantitative estimate of drug-likeness (QED) is 0.295. The number of hydrogen-bond donors (Lipinski definition) is 2. The van der Waals surface area contributed by atoms with E-state index in [-0.39, 0.29) is 13.2 Å². The molecule has 136 valence electrons. The first kappa shape index (κ1) is 20.7. The molecule has 2 N–H and O–H groups in total. The molecule has 0 aliphatic rings. The maximum atomic E-state index is 11.6. The van der Waals surface area contributed by atoms with Gasteiger partial charge in [-0.1, -0.05) is 0 Å². The van der Waals surface area contributed by atoms with Gasteiger partial charge in [-0.15, -0.1) is 0 Å². The maximum absolute atomic E-state index is 11.6. The van der Waals surface area contributed by atoms with E-state index in [4.69, 9.17) is 19.8 Å². The third-order valence-electron chi connectivity index (χ3n) is 3.25. The molecule has 1 atom stereocenters. The summed E-state index contributed by atoms with van der Waals surface area (Å²) in [5, 5.41) is 21.1. The summed E-state index contributed by atoms with van der Waals surface area (Å²) in [6.07, 6.45) is -0.780. The van der Waals surface area contributed by atoms with Crippen LogP contribution in [0.15, 0.2) is 36.4 Å². The number of nitrogens with one attached hydrogen (secondary N) is 1. The van der Waals surface area contributed by atoms with Crippen molar-refractivity contribution in [1.29, 1.82) is 5.26 Å². The topological polar surface area (TPSA) is 91.6 Å². The zero-order valence-electron chi connectivity index (χ0n) is 13.8. The number of carbonyl (C=O) groups excluding carboxylic acids is 1. The Kier molecular flexibility index (Phi) is 7.92. The first-order chi connectivity index (χ1) is 12.4. The van der Waals surface area contributed by atoms with Crippen LogP contribution in [-0.4, -0.2) is 24.3 Å². The predicted molar refractivity (Wildman–Crippen MR) is 114 cm³/mol. The lowest BCUT2D eigenvalue weighted by Gasteiger charge is -2.23. The van der Waals surface area contributed by atoms with Crippen LogP contribution in [0.1, 0.15) is 24.3 Å². The van der Waals surface area contributed by atoms with Crippen LogP contribution >= 0.6 is 45.2 Å². The Morgan fingerprint density at radius 3 is 2.58 bits per heavy atom. The van der Waals surface area contributed by atoms with Crippen molar-refractivity contribution in [2.75, 3.05) is 18.5 Å². The minimum Gasteiger partial charge on any atom is -0.490 e. The molecule has 2 rings (SSSR count). The van der Waals surface area contributed by atoms with Crippen LogP contribution in [0, 0.1) is 18.5 Å². The van der Waals surface area contributed by atoms with E-state index in [1.165, 1.54) is 6.92 Å². The SMILES string of the molecule is CC(=O)OC(Nc1ccc(C#N)cc1)c1cc(I)cc(I)c1OCCO. The number of carbonyl (C=O) groups is 1. The fourth-order valence-corrected chi connectivity index (χ4v) is 4.25. The van der Waals surface area contributed by atoms with E-state index in [1.807, 2.05) is 12.1 Å². The minimum absolute atomic E-state index is 0.122. The Balaban J connectivity index is 2.41. The van der Waals surface area contributed by atoms with Crippen LogP contribution in [-0.2, 0) is 9.53 Å². The maximum Gasteiger partial charge on any atom is 0.304 e. The average molecular weight is 578 g/mol. The van der Waals surface area contributed by atoms with Crippen molar-refractivity contribution >= 4 is 56.8 Å². The standard InChI is InChI=1S/C18H16I2N2O4/c1-11(24)26-18(22-14-4-2-12(10-21)3-5-14)15-8-13(19)9-16(20)17(15)25-7-6-23/h2-5,8-9,18,22-23H,6-7H2,1H3.